The molecule has 0 aliphatic heterocycles. The Kier molecular flexibility index (Phi) is 4.99. The zero-order chi connectivity index (χ0) is 15.9. The van der Waals surface area contributed by atoms with Crippen molar-refractivity contribution in [2.75, 3.05) is 19.1 Å². The summed E-state index contributed by atoms with van der Waals surface area (Å²) in [5.41, 5.74) is 2.14. The van der Waals surface area contributed by atoms with Gasteiger partial charge in [0.05, 0.1) is 18.7 Å². The number of nitrogens with zero attached hydrogens (tertiary/aromatic N) is 2. The van der Waals surface area contributed by atoms with Crippen molar-refractivity contribution in [3.8, 4) is 11.8 Å². The molecule has 0 aromatic heterocycles. The third-order valence-corrected chi connectivity index (χ3v) is 3.20. The molecule has 22 heavy (non-hydrogen) atoms. The predicted octanol–water partition coefficient (Wildman–Crippen LogP) is 3.34. The Hall–Kier alpha value is -3.00. The molecule has 0 N–H and O–H groups in total. The van der Waals surface area contributed by atoms with Crippen LogP contribution in [0.1, 0.15) is 11.1 Å². The van der Waals surface area contributed by atoms with Gasteiger partial charge in [-0.2, -0.15) is 5.26 Å². The first kappa shape index (κ1) is 15.4. The summed E-state index contributed by atoms with van der Waals surface area (Å²) in [6.45, 7) is 0.315. The van der Waals surface area contributed by atoms with Gasteiger partial charge in [0.2, 0.25) is 0 Å². The van der Waals surface area contributed by atoms with Crippen molar-refractivity contribution in [2.24, 2.45) is 0 Å². The molecule has 112 valence electrons. The lowest BCUT2D eigenvalue weighted by molar-refractivity contribution is 0.180. The number of hydrogen-bond donors (Lipinski definition) is 0. The average Bonchev–Trinajstić information content (AvgIpc) is 2.59. The first-order valence-electron chi connectivity index (χ1n) is 6.68. The maximum atomic E-state index is 11.4. The zero-order valence-electron chi connectivity index (χ0n) is 12.4. The summed E-state index contributed by atoms with van der Waals surface area (Å²) >= 11 is 0. The van der Waals surface area contributed by atoms with Gasteiger partial charge in [0.1, 0.15) is 12.4 Å². The summed E-state index contributed by atoms with van der Waals surface area (Å²) in [5, 5.41) is 9.03. The highest BCUT2D eigenvalue weighted by atomic mass is 16.5. The molecule has 1 amide bonds. The third-order valence-electron chi connectivity index (χ3n) is 3.20. The van der Waals surface area contributed by atoms with Crippen LogP contribution in [0.5, 0.6) is 5.75 Å². The fourth-order valence-corrected chi connectivity index (χ4v) is 1.92. The molecule has 0 heterocycles. The first-order valence-corrected chi connectivity index (χ1v) is 6.68. The van der Waals surface area contributed by atoms with Crippen LogP contribution >= 0.6 is 0 Å². The molecule has 0 bridgehead atoms. The Balaban J connectivity index is 2.03. The fraction of sp³-hybridized carbons (Fsp3) is 0.176. The molecule has 5 heteroatoms. The minimum atomic E-state index is -0.434. The molecule has 2 aromatic rings. The molecule has 2 aromatic carbocycles. The van der Waals surface area contributed by atoms with E-state index in [-0.39, 0.29) is 0 Å². The van der Waals surface area contributed by atoms with Gasteiger partial charge in [-0.25, -0.2) is 4.79 Å². The normalized spacial score (nSPS) is 9.68. The topological polar surface area (TPSA) is 62.6 Å². The summed E-state index contributed by atoms with van der Waals surface area (Å²) < 4.78 is 10.3. The number of methoxy groups -OCH3 is 1. The van der Waals surface area contributed by atoms with Crippen LogP contribution in [0.4, 0.5) is 10.5 Å². The summed E-state index contributed by atoms with van der Waals surface area (Å²) in [6.07, 6.45) is -0.434. The van der Waals surface area contributed by atoms with Crippen molar-refractivity contribution in [3.63, 3.8) is 0 Å². The van der Waals surface area contributed by atoms with Gasteiger partial charge in [0.25, 0.3) is 0 Å². The minimum Gasteiger partial charge on any atom is -0.489 e. The molecule has 5 nitrogen and oxygen atoms in total. The maximum absolute atomic E-state index is 11.4. The van der Waals surface area contributed by atoms with Crippen molar-refractivity contribution in [1.29, 1.82) is 5.26 Å². The van der Waals surface area contributed by atoms with E-state index in [1.807, 2.05) is 18.2 Å². The predicted molar refractivity (Wildman–Crippen MR) is 82.7 cm³/mol. The molecular weight excluding hydrogens is 280 g/mol. The molecule has 0 aliphatic rings. The quantitative estimate of drug-likeness (QED) is 0.868. The van der Waals surface area contributed by atoms with Crippen molar-refractivity contribution in [3.05, 3.63) is 59.7 Å². The SMILES string of the molecule is COC(=O)N(C)c1ccc(OCc2ccccc2C#N)cc1. The second-order valence-corrected chi connectivity index (χ2v) is 4.58. The number of nitriles is 1. The lowest BCUT2D eigenvalue weighted by Crippen LogP contribution is -2.25. The van der Waals surface area contributed by atoms with Crippen LogP contribution in [0.2, 0.25) is 0 Å². The van der Waals surface area contributed by atoms with Crippen LogP contribution in [0, 0.1) is 11.3 Å². The second kappa shape index (κ2) is 7.14. The van der Waals surface area contributed by atoms with Crippen LogP contribution in [-0.4, -0.2) is 20.3 Å². The Morgan fingerprint density at radius 1 is 1.18 bits per heavy atom. The molecule has 0 radical (unpaired) electrons. The number of benzene rings is 2. The molecular formula is C17H16N2O3. The van der Waals surface area contributed by atoms with Crippen LogP contribution in [0.15, 0.2) is 48.5 Å². The minimum absolute atomic E-state index is 0.315. The van der Waals surface area contributed by atoms with Gasteiger partial charge >= 0.3 is 6.09 Å². The van der Waals surface area contributed by atoms with Gasteiger partial charge in [-0.3, -0.25) is 4.90 Å². The van der Waals surface area contributed by atoms with Gasteiger partial charge in [0, 0.05) is 18.3 Å². The van der Waals surface area contributed by atoms with Gasteiger partial charge in [-0.15, -0.1) is 0 Å². The average molecular weight is 296 g/mol. The van der Waals surface area contributed by atoms with Gasteiger partial charge in [-0.1, -0.05) is 18.2 Å². The molecule has 0 saturated carbocycles. The molecule has 2 rings (SSSR count). The van der Waals surface area contributed by atoms with Crippen molar-refractivity contribution < 1.29 is 14.3 Å². The van der Waals surface area contributed by atoms with E-state index in [0.717, 1.165) is 5.56 Å². The summed E-state index contributed by atoms with van der Waals surface area (Å²) in [5.74, 6) is 0.662. The van der Waals surface area contributed by atoms with E-state index in [2.05, 4.69) is 10.8 Å². The Labute approximate surface area is 129 Å². The Bertz CT molecular complexity index is 690. The maximum Gasteiger partial charge on any atom is 0.413 e. The van der Waals surface area contributed by atoms with Gasteiger partial charge in [-0.05, 0) is 30.3 Å². The standard InChI is InChI=1S/C17H16N2O3/c1-19(17(20)21-2)15-7-9-16(10-8-15)22-12-14-6-4-3-5-13(14)11-18/h3-10H,12H2,1-2H3. The van der Waals surface area contributed by atoms with E-state index in [1.54, 1.807) is 37.4 Å². The van der Waals surface area contributed by atoms with Crippen LogP contribution in [0.3, 0.4) is 0 Å². The molecule has 0 spiro atoms. The van der Waals surface area contributed by atoms with E-state index in [1.165, 1.54) is 12.0 Å². The number of rotatable bonds is 4. The number of amides is 1. The largest absolute Gasteiger partial charge is 0.489 e. The number of carbonyl (C=O) groups is 1. The lowest BCUT2D eigenvalue weighted by atomic mass is 10.1. The number of anilines is 1. The van der Waals surface area contributed by atoms with E-state index < -0.39 is 6.09 Å². The van der Waals surface area contributed by atoms with Crippen LogP contribution in [0.25, 0.3) is 0 Å². The van der Waals surface area contributed by atoms with Crippen molar-refractivity contribution >= 4 is 11.8 Å². The first-order chi connectivity index (χ1) is 10.7. The van der Waals surface area contributed by atoms with Crippen LogP contribution < -0.4 is 9.64 Å². The summed E-state index contributed by atoms with van der Waals surface area (Å²) in [7, 11) is 2.97. The monoisotopic (exact) mass is 296 g/mol. The number of ether oxygens (including phenoxy) is 2. The second-order valence-electron chi connectivity index (χ2n) is 4.58. The molecule has 0 atom stereocenters. The van der Waals surface area contributed by atoms with Crippen LogP contribution in [-0.2, 0) is 11.3 Å². The highest BCUT2D eigenvalue weighted by molar-refractivity contribution is 5.86. The van der Waals surface area contributed by atoms with Gasteiger partial charge in [0.15, 0.2) is 0 Å². The van der Waals surface area contributed by atoms with E-state index in [0.29, 0.717) is 23.6 Å². The highest BCUT2D eigenvalue weighted by Gasteiger charge is 2.10. The van der Waals surface area contributed by atoms with Crippen molar-refractivity contribution in [2.45, 2.75) is 6.61 Å². The third kappa shape index (κ3) is 3.55. The molecule has 0 aliphatic carbocycles. The number of hydrogen-bond acceptors (Lipinski definition) is 4. The Morgan fingerprint density at radius 2 is 1.86 bits per heavy atom. The summed E-state index contributed by atoms with van der Waals surface area (Å²) in [4.78, 5) is 12.8. The van der Waals surface area contributed by atoms with Gasteiger partial charge < -0.3 is 9.47 Å². The molecule has 0 fully saturated rings. The molecule has 0 unspecified atom stereocenters. The summed E-state index contributed by atoms with van der Waals surface area (Å²) in [6, 6.07) is 16.5. The number of carbonyl (C=O) groups excluding carboxylic acids is 1. The van der Waals surface area contributed by atoms with Crippen molar-refractivity contribution in [1.82, 2.24) is 0 Å². The van der Waals surface area contributed by atoms with E-state index in [9.17, 15) is 4.79 Å². The smallest absolute Gasteiger partial charge is 0.413 e. The Morgan fingerprint density at radius 3 is 2.50 bits per heavy atom. The molecule has 0 saturated heterocycles. The van der Waals surface area contributed by atoms with E-state index >= 15 is 0 Å². The lowest BCUT2D eigenvalue weighted by Gasteiger charge is -2.16. The highest BCUT2D eigenvalue weighted by Crippen LogP contribution is 2.20. The van der Waals surface area contributed by atoms with E-state index in [4.69, 9.17) is 10.00 Å². The zero-order valence-corrected chi connectivity index (χ0v) is 12.4. The fourth-order valence-electron chi connectivity index (χ4n) is 1.92.